The van der Waals surface area contributed by atoms with Crippen LogP contribution in [-0.4, -0.2) is 34.9 Å². The van der Waals surface area contributed by atoms with Crippen molar-refractivity contribution in [3.63, 3.8) is 0 Å². The number of rotatable bonds is 29. The number of carbonyl (C=O) groups is 1. The first-order valence-electron chi connectivity index (χ1n) is 16.8. The van der Waals surface area contributed by atoms with Crippen LogP contribution in [0.25, 0.3) is 0 Å². The van der Waals surface area contributed by atoms with E-state index >= 15 is 0 Å². The summed E-state index contributed by atoms with van der Waals surface area (Å²) < 4.78 is 0. The lowest BCUT2D eigenvalue weighted by Crippen LogP contribution is -2.45. The lowest BCUT2D eigenvalue weighted by atomic mass is 10.0. The zero-order valence-electron chi connectivity index (χ0n) is 26.3. The third kappa shape index (κ3) is 27.9. The van der Waals surface area contributed by atoms with Crippen molar-refractivity contribution in [1.82, 2.24) is 5.32 Å². The number of hydrogen-bond acceptors (Lipinski definition) is 3. The summed E-state index contributed by atoms with van der Waals surface area (Å²) in [7, 11) is 0. The summed E-state index contributed by atoms with van der Waals surface area (Å²) in [5.74, 6) is -0.114. The van der Waals surface area contributed by atoms with E-state index in [1.54, 1.807) is 0 Å². The molecule has 3 N–H and O–H groups in total. The number of unbranched alkanes of at least 4 members (excludes halogenated alkanes) is 14. The molecule has 232 valence electrons. The van der Waals surface area contributed by atoms with Gasteiger partial charge >= 0.3 is 0 Å². The molecule has 0 aromatic rings. The quantitative estimate of drug-likeness (QED) is 0.0631. The minimum atomic E-state index is -0.687. The maximum atomic E-state index is 12.2. The standard InChI is InChI=1S/C36H65NO3/c1-3-5-7-9-11-13-15-17-18-20-21-23-25-27-29-31-35(39)34(33-38)37-36(40)32-30-28-26-24-22-19-16-14-12-10-8-6-4-2/h6,8,12,14,19,22,26,28,34-35,38-39H,3-5,7,9-11,13,15-18,20-21,23-25,27,29-33H2,1-2H3,(H,37,40)/b8-6-,14-12-,22-19-,28-26-. The predicted molar refractivity (Wildman–Crippen MR) is 175 cm³/mol. The molecule has 0 spiro atoms. The first-order chi connectivity index (χ1) is 19.7. The largest absolute Gasteiger partial charge is 0.394 e. The maximum Gasteiger partial charge on any atom is 0.220 e. The molecule has 0 fully saturated rings. The second-order valence-electron chi connectivity index (χ2n) is 11.2. The Morgan fingerprint density at radius 2 is 1.05 bits per heavy atom. The molecule has 2 atom stereocenters. The van der Waals surface area contributed by atoms with Crippen molar-refractivity contribution < 1.29 is 15.0 Å². The first-order valence-corrected chi connectivity index (χ1v) is 16.8. The zero-order valence-corrected chi connectivity index (χ0v) is 26.3. The van der Waals surface area contributed by atoms with Crippen molar-refractivity contribution in [3.05, 3.63) is 48.6 Å². The fourth-order valence-electron chi connectivity index (χ4n) is 4.78. The molecule has 2 unspecified atom stereocenters. The molecule has 0 saturated heterocycles. The van der Waals surface area contributed by atoms with Gasteiger partial charge in [-0.05, 0) is 38.5 Å². The Morgan fingerprint density at radius 1 is 0.625 bits per heavy atom. The molecule has 1 amide bonds. The van der Waals surface area contributed by atoms with Crippen LogP contribution < -0.4 is 5.32 Å². The highest BCUT2D eigenvalue weighted by atomic mass is 16.3. The minimum Gasteiger partial charge on any atom is -0.394 e. The maximum absolute atomic E-state index is 12.2. The molecule has 4 heteroatoms. The van der Waals surface area contributed by atoms with E-state index in [2.05, 4.69) is 61.7 Å². The Bertz CT molecular complexity index is 652. The highest BCUT2D eigenvalue weighted by Crippen LogP contribution is 2.14. The van der Waals surface area contributed by atoms with Gasteiger partial charge in [0.1, 0.15) is 0 Å². The number of aliphatic hydroxyl groups is 2. The van der Waals surface area contributed by atoms with Gasteiger partial charge in [0, 0.05) is 6.42 Å². The molecule has 40 heavy (non-hydrogen) atoms. The van der Waals surface area contributed by atoms with Crippen molar-refractivity contribution in [3.8, 4) is 0 Å². The van der Waals surface area contributed by atoms with Crippen LogP contribution in [0.15, 0.2) is 48.6 Å². The molecular formula is C36H65NO3. The van der Waals surface area contributed by atoms with E-state index in [4.69, 9.17) is 0 Å². The lowest BCUT2D eigenvalue weighted by molar-refractivity contribution is -0.123. The fraction of sp³-hybridized carbons (Fsp3) is 0.750. The van der Waals surface area contributed by atoms with Gasteiger partial charge in [0.05, 0.1) is 18.8 Å². The van der Waals surface area contributed by atoms with Crippen molar-refractivity contribution in [2.45, 2.75) is 167 Å². The second-order valence-corrected chi connectivity index (χ2v) is 11.2. The van der Waals surface area contributed by atoms with Gasteiger partial charge < -0.3 is 15.5 Å². The van der Waals surface area contributed by atoms with Gasteiger partial charge in [0.15, 0.2) is 0 Å². The molecule has 4 nitrogen and oxygen atoms in total. The second kappa shape index (κ2) is 31.9. The number of hydrogen-bond donors (Lipinski definition) is 3. The summed E-state index contributed by atoms with van der Waals surface area (Å²) in [4.78, 5) is 12.2. The molecule has 0 heterocycles. The van der Waals surface area contributed by atoms with Crippen LogP contribution in [0.1, 0.15) is 155 Å². The van der Waals surface area contributed by atoms with Gasteiger partial charge in [-0.1, -0.05) is 159 Å². The Balaban J connectivity index is 3.70. The van der Waals surface area contributed by atoms with Crippen LogP contribution in [0.5, 0.6) is 0 Å². The third-order valence-electron chi connectivity index (χ3n) is 7.37. The first kappa shape index (κ1) is 38.4. The van der Waals surface area contributed by atoms with Gasteiger partial charge in [-0.3, -0.25) is 4.79 Å². The topological polar surface area (TPSA) is 69.6 Å². The van der Waals surface area contributed by atoms with Crippen molar-refractivity contribution in [2.75, 3.05) is 6.61 Å². The van der Waals surface area contributed by atoms with E-state index < -0.39 is 12.1 Å². The summed E-state index contributed by atoms with van der Waals surface area (Å²) in [6.45, 7) is 4.19. The summed E-state index contributed by atoms with van der Waals surface area (Å²) in [6.07, 6.45) is 41.7. The molecule has 0 aromatic heterocycles. The average Bonchev–Trinajstić information content (AvgIpc) is 2.96. The Hall–Kier alpha value is -1.65. The number of aliphatic hydroxyl groups excluding tert-OH is 2. The van der Waals surface area contributed by atoms with E-state index in [0.29, 0.717) is 19.3 Å². The van der Waals surface area contributed by atoms with Gasteiger partial charge in [0.25, 0.3) is 0 Å². The highest BCUT2D eigenvalue weighted by molar-refractivity contribution is 5.76. The average molecular weight is 560 g/mol. The van der Waals surface area contributed by atoms with E-state index in [9.17, 15) is 15.0 Å². The third-order valence-corrected chi connectivity index (χ3v) is 7.37. The lowest BCUT2D eigenvalue weighted by Gasteiger charge is -2.22. The molecular weight excluding hydrogens is 494 g/mol. The van der Waals surface area contributed by atoms with Crippen LogP contribution >= 0.6 is 0 Å². The van der Waals surface area contributed by atoms with Crippen LogP contribution in [-0.2, 0) is 4.79 Å². The molecule has 0 bridgehead atoms. The van der Waals surface area contributed by atoms with Crippen molar-refractivity contribution >= 4 is 5.91 Å². The molecule has 0 radical (unpaired) electrons. The van der Waals surface area contributed by atoms with Crippen LogP contribution in [0.4, 0.5) is 0 Å². The normalized spacial score (nSPS) is 13.8. The smallest absolute Gasteiger partial charge is 0.220 e. The van der Waals surface area contributed by atoms with E-state index in [0.717, 1.165) is 38.5 Å². The predicted octanol–water partition coefficient (Wildman–Crippen LogP) is 9.67. The SMILES string of the molecule is CC/C=C\C/C=C\C/C=C\C/C=C\CCC(=O)NC(CO)C(O)CCCCCCCCCCCCCCCCC. The summed E-state index contributed by atoms with van der Waals surface area (Å²) in [6, 6.07) is -0.573. The number of amides is 1. The molecule has 0 rings (SSSR count). The molecule has 0 saturated carbocycles. The van der Waals surface area contributed by atoms with Gasteiger partial charge in [-0.2, -0.15) is 0 Å². The number of carbonyl (C=O) groups excluding carboxylic acids is 1. The van der Waals surface area contributed by atoms with Crippen LogP contribution in [0.2, 0.25) is 0 Å². The molecule has 0 aliphatic carbocycles. The van der Waals surface area contributed by atoms with Crippen LogP contribution in [0, 0.1) is 0 Å². The van der Waals surface area contributed by atoms with Gasteiger partial charge in [-0.15, -0.1) is 0 Å². The van der Waals surface area contributed by atoms with E-state index in [1.807, 2.05) is 6.08 Å². The summed E-state index contributed by atoms with van der Waals surface area (Å²) >= 11 is 0. The molecule has 0 aliphatic rings. The van der Waals surface area contributed by atoms with Gasteiger partial charge in [-0.25, -0.2) is 0 Å². The van der Waals surface area contributed by atoms with E-state index in [1.165, 1.54) is 83.5 Å². The van der Waals surface area contributed by atoms with E-state index in [-0.39, 0.29) is 12.5 Å². The summed E-state index contributed by atoms with van der Waals surface area (Å²) in [5, 5.41) is 22.9. The zero-order chi connectivity index (χ0) is 29.4. The van der Waals surface area contributed by atoms with Crippen molar-refractivity contribution in [2.24, 2.45) is 0 Å². The number of nitrogens with one attached hydrogen (secondary N) is 1. The Labute approximate surface area is 248 Å². The Morgan fingerprint density at radius 3 is 1.50 bits per heavy atom. The van der Waals surface area contributed by atoms with Crippen molar-refractivity contribution in [1.29, 1.82) is 0 Å². The molecule has 0 aliphatic heterocycles. The summed E-state index contributed by atoms with van der Waals surface area (Å²) in [5.41, 5.74) is 0. The minimum absolute atomic E-state index is 0.114. The number of allylic oxidation sites excluding steroid dienone is 8. The Kier molecular flexibility index (Phi) is 30.6. The highest BCUT2D eigenvalue weighted by Gasteiger charge is 2.19. The monoisotopic (exact) mass is 559 g/mol. The van der Waals surface area contributed by atoms with Gasteiger partial charge in [0.2, 0.25) is 5.91 Å². The van der Waals surface area contributed by atoms with Crippen LogP contribution in [0.3, 0.4) is 0 Å². The molecule has 0 aromatic carbocycles. The fourth-order valence-corrected chi connectivity index (χ4v) is 4.78.